The first-order valence-corrected chi connectivity index (χ1v) is 8.12. The number of hydrogen-bond acceptors (Lipinski definition) is 2. The number of rotatable bonds is 4. The van der Waals surface area contributed by atoms with Crippen LogP contribution in [0.5, 0.6) is 5.75 Å². The standard InChI is InChI=1S/C17H20BrNO/c1-2-19-9-3-4-16(19)12-20-17-8-6-13-10-15(18)7-5-14(13)11-17/h5-8,10-11,16H,2-4,9,12H2,1H3/t16-/m0/s1. The minimum Gasteiger partial charge on any atom is -0.492 e. The van der Waals surface area contributed by atoms with Crippen LogP contribution >= 0.6 is 15.9 Å². The van der Waals surface area contributed by atoms with Gasteiger partial charge in [0.1, 0.15) is 12.4 Å². The normalized spacial score (nSPS) is 19.6. The maximum atomic E-state index is 6.01. The van der Waals surface area contributed by atoms with Crippen LogP contribution in [0.25, 0.3) is 10.8 Å². The molecule has 1 atom stereocenters. The highest BCUT2D eigenvalue weighted by molar-refractivity contribution is 9.10. The molecule has 0 aromatic heterocycles. The molecule has 3 rings (SSSR count). The minimum atomic E-state index is 0.584. The van der Waals surface area contributed by atoms with Gasteiger partial charge in [-0.3, -0.25) is 4.90 Å². The molecule has 2 nitrogen and oxygen atoms in total. The van der Waals surface area contributed by atoms with E-state index in [2.05, 4.69) is 64.2 Å². The van der Waals surface area contributed by atoms with Gasteiger partial charge in [-0.15, -0.1) is 0 Å². The maximum Gasteiger partial charge on any atom is 0.120 e. The Morgan fingerprint density at radius 2 is 2.00 bits per heavy atom. The highest BCUT2D eigenvalue weighted by Crippen LogP contribution is 2.25. The van der Waals surface area contributed by atoms with E-state index < -0.39 is 0 Å². The summed E-state index contributed by atoms with van der Waals surface area (Å²) in [6.45, 7) is 5.37. The lowest BCUT2D eigenvalue weighted by Crippen LogP contribution is -2.33. The molecule has 2 aromatic rings. The predicted octanol–water partition coefficient (Wildman–Crippen LogP) is 4.47. The lowest BCUT2D eigenvalue weighted by Gasteiger charge is -2.22. The lowest BCUT2D eigenvalue weighted by molar-refractivity contribution is 0.179. The molecule has 0 spiro atoms. The molecule has 1 aliphatic rings. The summed E-state index contributed by atoms with van der Waals surface area (Å²) < 4.78 is 7.12. The van der Waals surface area contributed by atoms with Crippen molar-refractivity contribution >= 4 is 26.7 Å². The molecule has 3 heteroatoms. The van der Waals surface area contributed by atoms with Crippen molar-refractivity contribution in [2.24, 2.45) is 0 Å². The van der Waals surface area contributed by atoms with Crippen LogP contribution < -0.4 is 4.74 Å². The number of nitrogens with zero attached hydrogens (tertiary/aromatic N) is 1. The van der Waals surface area contributed by atoms with Gasteiger partial charge >= 0.3 is 0 Å². The number of likely N-dealkylation sites (N-methyl/N-ethyl adjacent to an activating group) is 1. The summed E-state index contributed by atoms with van der Waals surface area (Å²) in [5, 5.41) is 2.47. The smallest absolute Gasteiger partial charge is 0.120 e. The van der Waals surface area contributed by atoms with Gasteiger partial charge in [0.15, 0.2) is 0 Å². The van der Waals surface area contributed by atoms with Crippen LogP contribution in [-0.4, -0.2) is 30.6 Å². The first-order chi connectivity index (χ1) is 9.76. The summed E-state index contributed by atoms with van der Waals surface area (Å²) >= 11 is 3.50. The second-order valence-corrected chi connectivity index (χ2v) is 6.30. The van der Waals surface area contributed by atoms with Crippen molar-refractivity contribution in [1.29, 1.82) is 0 Å². The van der Waals surface area contributed by atoms with E-state index >= 15 is 0 Å². The van der Waals surface area contributed by atoms with Crippen molar-refractivity contribution < 1.29 is 4.74 Å². The topological polar surface area (TPSA) is 12.5 Å². The third kappa shape index (κ3) is 2.99. The van der Waals surface area contributed by atoms with Crippen LogP contribution in [0.15, 0.2) is 40.9 Å². The Kier molecular flexibility index (Phi) is 4.27. The molecule has 1 fully saturated rings. The Hall–Kier alpha value is -1.06. The van der Waals surface area contributed by atoms with E-state index in [-0.39, 0.29) is 0 Å². The average Bonchev–Trinajstić information content (AvgIpc) is 2.92. The third-order valence-electron chi connectivity index (χ3n) is 4.12. The SMILES string of the molecule is CCN1CCC[C@H]1COc1ccc2cc(Br)ccc2c1. The van der Waals surface area contributed by atoms with Gasteiger partial charge in [0.2, 0.25) is 0 Å². The Bertz CT molecular complexity index is 599. The fraction of sp³-hybridized carbons (Fsp3) is 0.412. The largest absolute Gasteiger partial charge is 0.492 e. The van der Waals surface area contributed by atoms with E-state index in [4.69, 9.17) is 4.74 Å². The molecule has 1 aliphatic heterocycles. The van der Waals surface area contributed by atoms with Gasteiger partial charge in [-0.25, -0.2) is 0 Å². The molecule has 20 heavy (non-hydrogen) atoms. The first-order valence-electron chi connectivity index (χ1n) is 7.32. The van der Waals surface area contributed by atoms with E-state index in [1.807, 2.05) is 0 Å². The zero-order valence-electron chi connectivity index (χ0n) is 11.8. The highest BCUT2D eigenvalue weighted by atomic mass is 79.9. The second-order valence-electron chi connectivity index (χ2n) is 5.39. The second kappa shape index (κ2) is 6.15. The van der Waals surface area contributed by atoms with E-state index in [0.29, 0.717) is 6.04 Å². The van der Waals surface area contributed by atoms with Gasteiger partial charge in [-0.2, -0.15) is 0 Å². The molecule has 0 bridgehead atoms. The average molecular weight is 334 g/mol. The van der Waals surface area contributed by atoms with Crippen molar-refractivity contribution in [3.63, 3.8) is 0 Å². The van der Waals surface area contributed by atoms with E-state index in [1.165, 1.54) is 30.2 Å². The van der Waals surface area contributed by atoms with Crippen LogP contribution in [0.1, 0.15) is 19.8 Å². The highest BCUT2D eigenvalue weighted by Gasteiger charge is 2.23. The quantitative estimate of drug-likeness (QED) is 0.818. The van der Waals surface area contributed by atoms with Crippen LogP contribution in [0.4, 0.5) is 0 Å². The van der Waals surface area contributed by atoms with Crippen LogP contribution in [0.2, 0.25) is 0 Å². The predicted molar refractivity (Wildman–Crippen MR) is 87.4 cm³/mol. The lowest BCUT2D eigenvalue weighted by atomic mass is 10.1. The summed E-state index contributed by atoms with van der Waals surface area (Å²) in [5.41, 5.74) is 0. The van der Waals surface area contributed by atoms with Crippen LogP contribution in [0, 0.1) is 0 Å². The summed E-state index contributed by atoms with van der Waals surface area (Å²) in [7, 11) is 0. The molecule has 0 amide bonds. The summed E-state index contributed by atoms with van der Waals surface area (Å²) in [6, 6.07) is 13.2. The molecule has 0 radical (unpaired) electrons. The maximum absolute atomic E-state index is 6.01. The molecule has 0 unspecified atom stereocenters. The molecule has 1 heterocycles. The van der Waals surface area contributed by atoms with E-state index in [9.17, 15) is 0 Å². The molecule has 1 saturated heterocycles. The van der Waals surface area contributed by atoms with Gasteiger partial charge in [-0.1, -0.05) is 35.0 Å². The van der Waals surface area contributed by atoms with Crippen molar-refractivity contribution in [3.8, 4) is 5.75 Å². The van der Waals surface area contributed by atoms with Crippen molar-refractivity contribution in [2.75, 3.05) is 19.7 Å². The Balaban J connectivity index is 1.70. The summed E-state index contributed by atoms with van der Waals surface area (Å²) in [5.74, 6) is 0.975. The molecule has 106 valence electrons. The number of fused-ring (bicyclic) bond motifs is 1. The van der Waals surface area contributed by atoms with Crippen molar-refractivity contribution in [1.82, 2.24) is 4.90 Å². The van der Waals surface area contributed by atoms with Crippen molar-refractivity contribution in [2.45, 2.75) is 25.8 Å². The summed E-state index contributed by atoms with van der Waals surface area (Å²) in [4.78, 5) is 2.51. The molecule has 0 aliphatic carbocycles. The van der Waals surface area contributed by atoms with Gasteiger partial charge in [0.25, 0.3) is 0 Å². The van der Waals surface area contributed by atoms with Crippen molar-refractivity contribution in [3.05, 3.63) is 40.9 Å². The number of ether oxygens (including phenoxy) is 1. The first kappa shape index (κ1) is 13.9. The molecule has 0 N–H and O–H groups in total. The zero-order chi connectivity index (χ0) is 13.9. The number of hydrogen-bond donors (Lipinski definition) is 0. The van der Waals surface area contributed by atoms with Gasteiger partial charge in [0.05, 0.1) is 0 Å². The molecular formula is C17H20BrNO. The number of benzene rings is 2. The third-order valence-corrected chi connectivity index (χ3v) is 4.61. The summed E-state index contributed by atoms with van der Waals surface area (Å²) in [6.07, 6.45) is 2.56. The fourth-order valence-electron chi connectivity index (χ4n) is 2.98. The zero-order valence-corrected chi connectivity index (χ0v) is 13.4. The minimum absolute atomic E-state index is 0.584. The molecule has 2 aromatic carbocycles. The number of likely N-dealkylation sites (tertiary alicyclic amines) is 1. The Labute approximate surface area is 128 Å². The van der Waals surface area contributed by atoms with Crippen LogP contribution in [-0.2, 0) is 0 Å². The molecular weight excluding hydrogens is 314 g/mol. The number of halogens is 1. The van der Waals surface area contributed by atoms with Gasteiger partial charge in [0, 0.05) is 10.5 Å². The Morgan fingerprint density at radius 1 is 1.20 bits per heavy atom. The van der Waals surface area contributed by atoms with E-state index in [0.717, 1.165) is 23.4 Å². The monoisotopic (exact) mass is 333 g/mol. The fourth-order valence-corrected chi connectivity index (χ4v) is 3.36. The van der Waals surface area contributed by atoms with Gasteiger partial charge in [-0.05, 0) is 61.0 Å². The van der Waals surface area contributed by atoms with E-state index in [1.54, 1.807) is 0 Å². The van der Waals surface area contributed by atoms with Crippen LogP contribution in [0.3, 0.4) is 0 Å². The molecule has 0 saturated carbocycles. The van der Waals surface area contributed by atoms with Gasteiger partial charge < -0.3 is 4.74 Å². The Morgan fingerprint density at radius 3 is 2.85 bits per heavy atom.